The molecule has 4 nitrogen and oxygen atoms in total. The summed E-state index contributed by atoms with van der Waals surface area (Å²) in [5.41, 5.74) is 1.54. The molecule has 2 amide bonds. The van der Waals surface area contributed by atoms with Gasteiger partial charge in [0.05, 0.1) is 0 Å². The zero-order chi connectivity index (χ0) is 15.5. The molecule has 2 aliphatic rings. The van der Waals surface area contributed by atoms with Crippen molar-refractivity contribution in [2.75, 3.05) is 18.5 Å². The third kappa shape index (κ3) is 3.01. The Morgan fingerprint density at radius 2 is 1.95 bits per heavy atom. The number of carbonyl (C=O) groups excluding carboxylic acids is 2. The molecule has 2 fully saturated rings. The van der Waals surface area contributed by atoms with E-state index in [1.54, 1.807) is 4.90 Å². The van der Waals surface area contributed by atoms with E-state index in [1.165, 1.54) is 19.3 Å². The summed E-state index contributed by atoms with van der Waals surface area (Å²) in [7, 11) is 1.91. The molecule has 4 heteroatoms. The van der Waals surface area contributed by atoms with E-state index in [4.69, 9.17) is 0 Å². The fraction of sp³-hybridized carbons (Fsp3) is 0.556. The SMILES string of the molecule is CN(C(=O)c1cccc(N2CCCC2=O)c1)C1CCCCC1. The van der Waals surface area contributed by atoms with Gasteiger partial charge in [-0.3, -0.25) is 9.59 Å². The smallest absolute Gasteiger partial charge is 0.253 e. The molecule has 118 valence electrons. The highest BCUT2D eigenvalue weighted by atomic mass is 16.2. The van der Waals surface area contributed by atoms with Gasteiger partial charge in [0.15, 0.2) is 0 Å². The van der Waals surface area contributed by atoms with Crippen molar-refractivity contribution in [2.45, 2.75) is 51.0 Å². The van der Waals surface area contributed by atoms with E-state index in [9.17, 15) is 9.59 Å². The van der Waals surface area contributed by atoms with E-state index in [0.29, 0.717) is 18.0 Å². The second-order valence-electron chi connectivity index (χ2n) is 6.41. The van der Waals surface area contributed by atoms with Gasteiger partial charge in [0.25, 0.3) is 5.91 Å². The van der Waals surface area contributed by atoms with Crippen LogP contribution in [0.2, 0.25) is 0 Å². The Hall–Kier alpha value is -1.84. The Bertz CT molecular complexity index is 564. The lowest BCUT2D eigenvalue weighted by molar-refractivity contribution is -0.117. The first-order chi connectivity index (χ1) is 10.7. The highest BCUT2D eigenvalue weighted by Gasteiger charge is 2.25. The molecule has 1 aromatic carbocycles. The van der Waals surface area contributed by atoms with E-state index in [2.05, 4.69) is 0 Å². The molecule has 1 aliphatic heterocycles. The molecule has 0 bridgehead atoms. The maximum Gasteiger partial charge on any atom is 0.253 e. The number of anilines is 1. The maximum atomic E-state index is 12.7. The van der Waals surface area contributed by atoms with Gasteiger partial charge >= 0.3 is 0 Å². The predicted octanol–water partition coefficient (Wildman–Crippen LogP) is 3.22. The number of amides is 2. The van der Waals surface area contributed by atoms with Gasteiger partial charge in [0.1, 0.15) is 0 Å². The van der Waals surface area contributed by atoms with E-state index in [1.807, 2.05) is 36.2 Å². The maximum absolute atomic E-state index is 12.7. The summed E-state index contributed by atoms with van der Waals surface area (Å²) < 4.78 is 0. The molecule has 1 aromatic rings. The molecule has 22 heavy (non-hydrogen) atoms. The van der Waals surface area contributed by atoms with Crippen LogP contribution in [0.4, 0.5) is 5.69 Å². The van der Waals surface area contributed by atoms with Gasteiger partial charge in [-0.1, -0.05) is 25.3 Å². The van der Waals surface area contributed by atoms with Crippen molar-refractivity contribution in [3.8, 4) is 0 Å². The summed E-state index contributed by atoms with van der Waals surface area (Å²) in [5, 5.41) is 0. The molecule has 1 aliphatic carbocycles. The highest BCUT2D eigenvalue weighted by molar-refractivity contribution is 5.99. The first-order valence-electron chi connectivity index (χ1n) is 8.34. The number of hydrogen-bond acceptors (Lipinski definition) is 2. The third-order valence-electron chi connectivity index (χ3n) is 4.92. The second kappa shape index (κ2) is 6.51. The quantitative estimate of drug-likeness (QED) is 0.860. The van der Waals surface area contributed by atoms with Gasteiger partial charge in [-0.25, -0.2) is 0 Å². The fourth-order valence-corrected chi connectivity index (χ4v) is 3.57. The Kier molecular flexibility index (Phi) is 4.46. The standard InChI is InChI=1S/C18H24N2O2/c1-19(15-8-3-2-4-9-15)18(22)14-7-5-10-16(13-14)20-12-6-11-17(20)21/h5,7,10,13,15H,2-4,6,8-9,11-12H2,1H3. The number of nitrogens with zero attached hydrogens (tertiary/aromatic N) is 2. The first-order valence-corrected chi connectivity index (χ1v) is 8.34. The zero-order valence-corrected chi connectivity index (χ0v) is 13.3. The first kappa shape index (κ1) is 15.1. The zero-order valence-electron chi connectivity index (χ0n) is 13.3. The monoisotopic (exact) mass is 300 g/mol. The molecule has 0 radical (unpaired) electrons. The van der Waals surface area contributed by atoms with Crippen LogP contribution in [0.25, 0.3) is 0 Å². The Balaban J connectivity index is 1.76. The van der Waals surface area contributed by atoms with Gasteiger partial charge < -0.3 is 9.80 Å². The summed E-state index contributed by atoms with van der Waals surface area (Å²) in [6.07, 6.45) is 7.43. The molecule has 1 saturated heterocycles. The lowest BCUT2D eigenvalue weighted by Crippen LogP contribution is -2.38. The predicted molar refractivity (Wildman–Crippen MR) is 87.0 cm³/mol. The van der Waals surface area contributed by atoms with Crippen LogP contribution >= 0.6 is 0 Å². The summed E-state index contributed by atoms with van der Waals surface area (Å²) in [5.74, 6) is 0.227. The number of hydrogen-bond donors (Lipinski definition) is 0. The molecule has 0 atom stereocenters. The minimum Gasteiger partial charge on any atom is -0.339 e. The van der Waals surface area contributed by atoms with Crippen LogP contribution in [0.5, 0.6) is 0 Å². The van der Waals surface area contributed by atoms with Crippen molar-refractivity contribution in [3.63, 3.8) is 0 Å². The van der Waals surface area contributed by atoms with Crippen molar-refractivity contribution >= 4 is 17.5 Å². The molecular formula is C18H24N2O2. The lowest BCUT2D eigenvalue weighted by atomic mass is 9.94. The molecule has 1 heterocycles. The van der Waals surface area contributed by atoms with E-state index >= 15 is 0 Å². The van der Waals surface area contributed by atoms with Crippen LogP contribution in [-0.2, 0) is 4.79 Å². The minimum atomic E-state index is 0.0698. The Morgan fingerprint density at radius 3 is 2.64 bits per heavy atom. The third-order valence-corrected chi connectivity index (χ3v) is 4.92. The van der Waals surface area contributed by atoms with Gasteiger partial charge in [0.2, 0.25) is 5.91 Å². The molecule has 0 N–H and O–H groups in total. The van der Waals surface area contributed by atoms with Crippen molar-refractivity contribution in [3.05, 3.63) is 29.8 Å². The highest BCUT2D eigenvalue weighted by Crippen LogP contribution is 2.25. The average Bonchev–Trinajstić information content (AvgIpc) is 3.00. The van der Waals surface area contributed by atoms with Crippen LogP contribution in [0.1, 0.15) is 55.3 Å². The van der Waals surface area contributed by atoms with Gasteiger partial charge in [-0.15, -0.1) is 0 Å². The van der Waals surface area contributed by atoms with E-state index in [0.717, 1.165) is 31.5 Å². The lowest BCUT2D eigenvalue weighted by Gasteiger charge is -2.31. The van der Waals surface area contributed by atoms with Crippen LogP contribution in [0, 0.1) is 0 Å². The average molecular weight is 300 g/mol. The van der Waals surface area contributed by atoms with E-state index in [-0.39, 0.29) is 11.8 Å². The largest absolute Gasteiger partial charge is 0.339 e. The second-order valence-corrected chi connectivity index (χ2v) is 6.41. The Morgan fingerprint density at radius 1 is 1.18 bits per heavy atom. The number of benzene rings is 1. The van der Waals surface area contributed by atoms with Gasteiger partial charge in [0, 0.05) is 37.3 Å². The number of carbonyl (C=O) groups is 2. The van der Waals surface area contributed by atoms with Crippen molar-refractivity contribution in [2.24, 2.45) is 0 Å². The van der Waals surface area contributed by atoms with Crippen LogP contribution in [0.15, 0.2) is 24.3 Å². The van der Waals surface area contributed by atoms with Crippen molar-refractivity contribution in [1.29, 1.82) is 0 Å². The molecule has 3 rings (SSSR count). The molecular weight excluding hydrogens is 276 g/mol. The van der Waals surface area contributed by atoms with Crippen LogP contribution in [-0.4, -0.2) is 36.3 Å². The summed E-state index contributed by atoms with van der Waals surface area (Å²) in [6, 6.07) is 7.87. The van der Waals surface area contributed by atoms with Crippen LogP contribution < -0.4 is 4.90 Å². The summed E-state index contributed by atoms with van der Waals surface area (Å²) >= 11 is 0. The topological polar surface area (TPSA) is 40.6 Å². The molecule has 0 unspecified atom stereocenters. The molecule has 1 saturated carbocycles. The van der Waals surface area contributed by atoms with Gasteiger partial charge in [-0.2, -0.15) is 0 Å². The van der Waals surface area contributed by atoms with Crippen molar-refractivity contribution < 1.29 is 9.59 Å². The van der Waals surface area contributed by atoms with Crippen LogP contribution in [0.3, 0.4) is 0 Å². The minimum absolute atomic E-state index is 0.0698. The fourth-order valence-electron chi connectivity index (χ4n) is 3.57. The molecule has 0 aromatic heterocycles. The van der Waals surface area contributed by atoms with Crippen molar-refractivity contribution in [1.82, 2.24) is 4.90 Å². The summed E-state index contributed by atoms with van der Waals surface area (Å²) in [4.78, 5) is 28.3. The van der Waals surface area contributed by atoms with Gasteiger partial charge in [-0.05, 0) is 37.5 Å². The summed E-state index contributed by atoms with van der Waals surface area (Å²) in [6.45, 7) is 0.759. The normalized spacial score (nSPS) is 19.5. The molecule has 0 spiro atoms. The number of rotatable bonds is 3. The van der Waals surface area contributed by atoms with E-state index < -0.39 is 0 Å². The Labute approximate surface area is 132 Å².